The molecule has 0 N–H and O–H groups in total. The van der Waals surface area contributed by atoms with Gasteiger partial charge in [-0.3, -0.25) is 24.3 Å². The molecule has 1 fully saturated rings. The Bertz CT molecular complexity index is 1490. The molecule has 1 saturated heterocycles. The molecule has 4 heterocycles. The Morgan fingerprint density at radius 2 is 1.83 bits per heavy atom. The average Bonchev–Trinajstić information content (AvgIpc) is 2.89. The van der Waals surface area contributed by atoms with Gasteiger partial charge in [-0.2, -0.15) is 0 Å². The summed E-state index contributed by atoms with van der Waals surface area (Å²) in [6.45, 7) is 5.23. The number of pyridine rings is 1. The molecule has 36 heavy (non-hydrogen) atoms. The number of hydrogen-bond acceptors (Lipinski definition) is 6. The smallest absolute Gasteiger partial charge is 0.256 e. The molecule has 3 aromatic heterocycles. The van der Waals surface area contributed by atoms with Crippen LogP contribution in [-0.4, -0.2) is 37.6 Å². The van der Waals surface area contributed by atoms with Crippen LogP contribution in [0.2, 0.25) is 0 Å². The zero-order chi connectivity index (χ0) is 24.8. The van der Waals surface area contributed by atoms with E-state index in [9.17, 15) is 9.18 Å². The number of benzene rings is 1. The Hall–Kier alpha value is -3.68. The average molecular weight is 485 g/mol. The second-order valence-corrected chi connectivity index (χ2v) is 9.96. The summed E-state index contributed by atoms with van der Waals surface area (Å²) >= 11 is 0. The summed E-state index contributed by atoms with van der Waals surface area (Å²) in [5.41, 5.74) is 6.26. The SMILES string of the molecule is Cc1cnc2cc(C3CCN(c4c(C)cccc4F)CC3)c(=O)n([C@@H]3CCCc4nccnc43)c2n1. The summed E-state index contributed by atoms with van der Waals surface area (Å²) in [5, 5.41) is 0. The second-order valence-electron chi connectivity index (χ2n) is 9.96. The Morgan fingerprint density at radius 3 is 2.64 bits per heavy atom. The molecule has 6 rings (SSSR count). The van der Waals surface area contributed by atoms with Crippen molar-refractivity contribution in [3.05, 3.63) is 87.2 Å². The van der Waals surface area contributed by atoms with Crippen LogP contribution in [-0.2, 0) is 6.42 Å². The van der Waals surface area contributed by atoms with Crippen molar-refractivity contribution in [1.82, 2.24) is 24.5 Å². The van der Waals surface area contributed by atoms with Crippen LogP contribution >= 0.6 is 0 Å². The second kappa shape index (κ2) is 9.08. The molecule has 0 saturated carbocycles. The minimum absolute atomic E-state index is 0.0218. The molecule has 1 aliphatic heterocycles. The van der Waals surface area contributed by atoms with E-state index in [1.807, 2.05) is 30.5 Å². The summed E-state index contributed by atoms with van der Waals surface area (Å²) in [7, 11) is 0. The Morgan fingerprint density at radius 1 is 1.03 bits per heavy atom. The standard InChI is InChI=1S/C28H29FN6O/c1-17-5-3-6-21(29)26(17)34-13-9-19(10-14-34)20-15-23-27(33-18(2)16-32-23)35(28(20)36)24-8-4-7-22-25(24)31-12-11-30-22/h3,5-6,11-12,15-16,19,24H,4,7-10,13-14H2,1-2H3/t24-/m1/s1. The number of piperidine rings is 1. The van der Waals surface area contributed by atoms with Crippen LogP contribution in [0.3, 0.4) is 0 Å². The van der Waals surface area contributed by atoms with Crippen LogP contribution in [0.4, 0.5) is 10.1 Å². The van der Waals surface area contributed by atoms with Gasteiger partial charge in [0.05, 0.1) is 28.8 Å². The lowest BCUT2D eigenvalue weighted by atomic mass is 9.88. The van der Waals surface area contributed by atoms with Gasteiger partial charge in [0, 0.05) is 37.2 Å². The summed E-state index contributed by atoms with van der Waals surface area (Å²) < 4.78 is 16.4. The molecule has 2 aliphatic rings. The Labute approximate surface area is 209 Å². The molecule has 0 unspecified atom stereocenters. The van der Waals surface area contributed by atoms with E-state index >= 15 is 0 Å². The molecular formula is C28H29FN6O. The van der Waals surface area contributed by atoms with E-state index in [1.54, 1.807) is 24.7 Å². The molecule has 0 bridgehead atoms. The summed E-state index contributed by atoms with van der Waals surface area (Å²) in [4.78, 5) is 34.8. The summed E-state index contributed by atoms with van der Waals surface area (Å²) in [6.07, 6.45) is 9.32. The van der Waals surface area contributed by atoms with E-state index in [2.05, 4.69) is 19.9 Å². The van der Waals surface area contributed by atoms with Gasteiger partial charge in [0.25, 0.3) is 5.56 Å². The maximum absolute atomic E-state index is 14.6. The maximum Gasteiger partial charge on any atom is 0.256 e. The molecule has 184 valence electrons. The van der Waals surface area contributed by atoms with Crippen LogP contribution in [0.25, 0.3) is 11.2 Å². The predicted molar refractivity (Wildman–Crippen MR) is 137 cm³/mol. The fraction of sp³-hybridized carbons (Fsp3) is 0.393. The number of rotatable bonds is 3. The fourth-order valence-electron chi connectivity index (χ4n) is 5.92. The topological polar surface area (TPSA) is 76.8 Å². The molecule has 8 heteroatoms. The minimum atomic E-state index is -0.213. The summed E-state index contributed by atoms with van der Waals surface area (Å²) in [6, 6.07) is 6.92. The monoisotopic (exact) mass is 484 g/mol. The Kier molecular flexibility index (Phi) is 5.74. The highest BCUT2D eigenvalue weighted by molar-refractivity contribution is 5.71. The number of para-hydroxylation sites is 1. The lowest BCUT2D eigenvalue weighted by molar-refractivity contribution is 0.454. The highest BCUT2D eigenvalue weighted by Gasteiger charge is 2.31. The van der Waals surface area contributed by atoms with Gasteiger partial charge in [0.15, 0.2) is 5.65 Å². The third kappa shape index (κ3) is 3.85. The molecule has 1 aromatic carbocycles. The molecule has 1 aliphatic carbocycles. The minimum Gasteiger partial charge on any atom is -0.369 e. The molecule has 0 spiro atoms. The highest BCUT2D eigenvalue weighted by atomic mass is 19.1. The first-order valence-corrected chi connectivity index (χ1v) is 12.7. The van der Waals surface area contributed by atoms with Gasteiger partial charge in [0.1, 0.15) is 11.3 Å². The number of fused-ring (bicyclic) bond motifs is 2. The van der Waals surface area contributed by atoms with Crippen molar-refractivity contribution in [3.8, 4) is 0 Å². The van der Waals surface area contributed by atoms with Crippen molar-refractivity contribution in [2.24, 2.45) is 0 Å². The van der Waals surface area contributed by atoms with Crippen molar-refractivity contribution < 1.29 is 4.39 Å². The van der Waals surface area contributed by atoms with Crippen LogP contribution in [0.5, 0.6) is 0 Å². The third-order valence-electron chi connectivity index (χ3n) is 7.65. The Balaban J connectivity index is 1.41. The van der Waals surface area contributed by atoms with Crippen molar-refractivity contribution in [2.75, 3.05) is 18.0 Å². The molecule has 0 amide bonds. The van der Waals surface area contributed by atoms with E-state index in [0.29, 0.717) is 24.4 Å². The van der Waals surface area contributed by atoms with Gasteiger partial charge >= 0.3 is 0 Å². The number of halogens is 1. The van der Waals surface area contributed by atoms with Crippen LogP contribution in [0.1, 0.15) is 65.9 Å². The molecule has 1 atom stereocenters. The first-order chi connectivity index (χ1) is 17.5. The van der Waals surface area contributed by atoms with Crippen molar-refractivity contribution in [1.29, 1.82) is 0 Å². The van der Waals surface area contributed by atoms with Gasteiger partial charge in [-0.25, -0.2) is 9.37 Å². The number of nitrogens with zero attached hydrogens (tertiary/aromatic N) is 6. The van der Waals surface area contributed by atoms with E-state index in [4.69, 9.17) is 4.98 Å². The van der Waals surface area contributed by atoms with E-state index in [0.717, 1.165) is 65.8 Å². The number of hydrogen-bond donors (Lipinski definition) is 0. The fourth-order valence-corrected chi connectivity index (χ4v) is 5.92. The van der Waals surface area contributed by atoms with Crippen molar-refractivity contribution in [2.45, 2.75) is 57.9 Å². The van der Waals surface area contributed by atoms with Crippen LogP contribution in [0, 0.1) is 19.7 Å². The lowest BCUT2D eigenvalue weighted by Gasteiger charge is -2.35. The normalized spacial score (nSPS) is 18.4. The molecule has 7 nitrogen and oxygen atoms in total. The molecule has 4 aromatic rings. The van der Waals surface area contributed by atoms with Crippen molar-refractivity contribution >= 4 is 16.9 Å². The zero-order valence-electron chi connectivity index (χ0n) is 20.6. The van der Waals surface area contributed by atoms with Crippen LogP contribution < -0.4 is 10.5 Å². The lowest BCUT2D eigenvalue weighted by Crippen LogP contribution is -2.37. The predicted octanol–water partition coefficient (Wildman–Crippen LogP) is 4.65. The molecule has 0 radical (unpaired) electrons. The van der Waals surface area contributed by atoms with E-state index in [-0.39, 0.29) is 23.3 Å². The molecular weight excluding hydrogens is 455 g/mol. The first kappa shape index (κ1) is 22.8. The largest absolute Gasteiger partial charge is 0.369 e. The number of aryl methyl sites for hydroxylation is 3. The van der Waals surface area contributed by atoms with E-state index < -0.39 is 0 Å². The third-order valence-corrected chi connectivity index (χ3v) is 7.65. The van der Waals surface area contributed by atoms with Gasteiger partial charge < -0.3 is 4.90 Å². The van der Waals surface area contributed by atoms with Crippen LogP contribution in [0.15, 0.2) is 47.7 Å². The van der Waals surface area contributed by atoms with Gasteiger partial charge in [-0.1, -0.05) is 12.1 Å². The van der Waals surface area contributed by atoms with Gasteiger partial charge in [-0.15, -0.1) is 0 Å². The summed E-state index contributed by atoms with van der Waals surface area (Å²) in [5.74, 6) is -0.117. The van der Waals surface area contributed by atoms with Crippen molar-refractivity contribution in [3.63, 3.8) is 0 Å². The van der Waals surface area contributed by atoms with Gasteiger partial charge in [0.2, 0.25) is 0 Å². The quantitative estimate of drug-likeness (QED) is 0.421. The highest BCUT2D eigenvalue weighted by Crippen LogP contribution is 2.35. The number of aromatic nitrogens is 5. The zero-order valence-corrected chi connectivity index (χ0v) is 20.6. The number of anilines is 1. The van der Waals surface area contributed by atoms with Gasteiger partial charge in [-0.05, 0) is 69.6 Å². The van der Waals surface area contributed by atoms with E-state index in [1.165, 1.54) is 6.07 Å². The first-order valence-electron chi connectivity index (χ1n) is 12.7. The maximum atomic E-state index is 14.6.